The van der Waals surface area contributed by atoms with Gasteiger partial charge in [-0.1, -0.05) is 12.1 Å². The fraction of sp³-hybridized carbons (Fsp3) is 0.200. The molecule has 0 amide bonds. The van der Waals surface area contributed by atoms with Gasteiger partial charge in [-0.05, 0) is 41.5 Å². The molecule has 2 rings (SSSR count). The first kappa shape index (κ1) is 13.9. The van der Waals surface area contributed by atoms with Gasteiger partial charge in [0.25, 0.3) is 0 Å². The zero-order valence-electron chi connectivity index (χ0n) is 10.9. The number of aliphatic carboxylic acids is 1. The third-order valence-electron chi connectivity index (χ3n) is 3.01. The van der Waals surface area contributed by atoms with Gasteiger partial charge in [0.05, 0.1) is 12.8 Å². The van der Waals surface area contributed by atoms with Gasteiger partial charge in [0, 0.05) is 0 Å². The molecule has 0 aliphatic carbocycles. The van der Waals surface area contributed by atoms with E-state index >= 15 is 0 Å². The van der Waals surface area contributed by atoms with Gasteiger partial charge in [0.15, 0.2) is 0 Å². The molecule has 0 bridgehead atoms. The van der Waals surface area contributed by atoms with Crippen LogP contribution < -0.4 is 4.74 Å². The second-order valence-electron chi connectivity index (χ2n) is 4.46. The number of fused-ring (bicyclic) bond motifs is 1. The van der Waals surface area contributed by atoms with Gasteiger partial charge < -0.3 is 14.9 Å². The maximum atomic E-state index is 11.4. The molecule has 20 heavy (non-hydrogen) atoms. The Morgan fingerprint density at radius 1 is 1.15 bits per heavy atom. The quantitative estimate of drug-likeness (QED) is 0.661. The zero-order chi connectivity index (χ0) is 14.7. The molecule has 0 atom stereocenters. The first-order valence-corrected chi connectivity index (χ1v) is 6.12. The van der Waals surface area contributed by atoms with Crippen molar-refractivity contribution in [1.82, 2.24) is 0 Å². The van der Waals surface area contributed by atoms with E-state index in [1.165, 1.54) is 0 Å². The van der Waals surface area contributed by atoms with Crippen molar-refractivity contribution in [1.29, 1.82) is 0 Å². The number of phenols is 1. The molecule has 2 N–H and O–H groups in total. The van der Waals surface area contributed by atoms with Gasteiger partial charge in [0.1, 0.15) is 11.5 Å². The lowest BCUT2D eigenvalue weighted by molar-refractivity contribution is -0.142. The molecule has 0 heterocycles. The Kier molecular flexibility index (Phi) is 3.89. The van der Waals surface area contributed by atoms with Crippen LogP contribution in [0.25, 0.3) is 10.8 Å². The van der Waals surface area contributed by atoms with Crippen molar-refractivity contribution in [2.24, 2.45) is 0 Å². The molecule has 0 spiro atoms. The Balaban J connectivity index is 2.18. The highest BCUT2D eigenvalue weighted by Crippen LogP contribution is 2.29. The second kappa shape index (κ2) is 5.61. The highest BCUT2D eigenvalue weighted by atomic mass is 16.5. The van der Waals surface area contributed by atoms with Crippen LogP contribution in [0, 0.1) is 6.92 Å². The lowest BCUT2D eigenvalue weighted by Gasteiger charge is -2.07. The van der Waals surface area contributed by atoms with Crippen LogP contribution in [0.1, 0.15) is 18.4 Å². The molecule has 0 unspecified atom stereocenters. The number of hydrogen-bond donors (Lipinski definition) is 2. The van der Waals surface area contributed by atoms with E-state index in [9.17, 15) is 14.7 Å². The fourth-order valence-corrected chi connectivity index (χ4v) is 1.91. The van der Waals surface area contributed by atoms with Crippen LogP contribution in [0.3, 0.4) is 0 Å². The van der Waals surface area contributed by atoms with E-state index in [0.717, 1.165) is 16.3 Å². The van der Waals surface area contributed by atoms with Gasteiger partial charge in [0.2, 0.25) is 0 Å². The average molecular weight is 274 g/mol. The summed E-state index contributed by atoms with van der Waals surface area (Å²) in [6, 6.07) is 8.36. The van der Waals surface area contributed by atoms with Gasteiger partial charge in [-0.25, -0.2) is 0 Å². The molecule has 0 aliphatic rings. The number of carboxylic acid groups (broad SMARTS) is 1. The van der Waals surface area contributed by atoms with Crippen LogP contribution in [0.15, 0.2) is 30.3 Å². The lowest BCUT2D eigenvalue weighted by atomic mass is 10.0. The molecule has 0 radical (unpaired) electrons. The van der Waals surface area contributed by atoms with E-state index in [1.54, 1.807) is 37.3 Å². The van der Waals surface area contributed by atoms with Crippen LogP contribution in [0.5, 0.6) is 11.5 Å². The number of ether oxygens (including phenoxy) is 1. The first-order chi connectivity index (χ1) is 9.47. The molecule has 0 aromatic heterocycles. The predicted molar refractivity (Wildman–Crippen MR) is 72.9 cm³/mol. The highest BCUT2D eigenvalue weighted by molar-refractivity contribution is 5.89. The summed E-state index contributed by atoms with van der Waals surface area (Å²) in [6.07, 6.45) is -0.415. The summed E-state index contributed by atoms with van der Waals surface area (Å²) < 4.78 is 5.08. The summed E-state index contributed by atoms with van der Waals surface area (Å²) >= 11 is 0. The number of aromatic hydroxyl groups is 1. The summed E-state index contributed by atoms with van der Waals surface area (Å²) in [5.41, 5.74) is 0.756. The number of hydrogen-bond acceptors (Lipinski definition) is 4. The Bertz CT molecular complexity index is 675. The average Bonchev–Trinajstić information content (AvgIpc) is 2.41. The van der Waals surface area contributed by atoms with E-state index in [4.69, 9.17) is 9.84 Å². The van der Waals surface area contributed by atoms with Gasteiger partial charge in [-0.3, -0.25) is 9.59 Å². The Labute approximate surface area is 115 Å². The molecule has 5 nitrogen and oxygen atoms in total. The minimum absolute atomic E-state index is 0.165. The molecule has 0 aliphatic heterocycles. The number of benzene rings is 2. The second-order valence-corrected chi connectivity index (χ2v) is 4.46. The Hall–Kier alpha value is -2.56. The number of carbonyl (C=O) groups excluding carboxylic acids is 1. The SMILES string of the molecule is Cc1c(O)ccc2cc(OC(=O)CCC(=O)O)ccc12. The molecule has 2 aromatic rings. The summed E-state index contributed by atoms with van der Waals surface area (Å²) in [7, 11) is 0. The van der Waals surface area contributed by atoms with Crippen molar-refractivity contribution in [3.8, 4) is 11.5 Å². The number of rotatable bonds is 4. The monoisotopic (exact) mass is 274 g/mol. The molecule has 5 heteroatoms. The van der Waals surface area contributed by atoms with Crippen molar-refractivity contribution >= 4 is 22.7 Å². The first-order valence-electron chi connectivity index (χ1n) is 6.12. The Morgan fingerprint density at radius 3 is 2.60 bits per heavy atom. The largest absolute Gasteiger partial charge is 0.508 e. The van der Waals surface area contributed by atoms with Crippen molar-refractivity contribution in [3.63, 3.8) is 0 Å². The summed E-state index contributed by atoms with van der Waals surface area (Å²) in [6.45, 7) is 1.80. The number of carbonyl (C=O) groups is 2. The Morgan fingerprint density at radius 2 is 1.90 bits per heavy atom. The molecule has 2 aromatic carbocycles. The molecule has 0 fully saturated rings. The summed E-state index contributed by atoms with van der Waals surface area (Å²) in [5.74, 6) is -1.05. The van der Waals surface area contributed by atoms with Crippen molar-refractivity contribution in [2.45, 2.75) is 19.8 Å². The van der Waals surface area contributed by atoms with E-state index in [-0.39, 0.29) is 18.6 Å². The van der Waals surface area contributed by atoms with Crippen LogP contribution in [0.4, 0.5) is 0 Å². The molecule has 104 valence electrons. The minimum Gasteiger partial charge on any atom is -0.508 e. The van der Waals surface area contributed by atoms with E-state index < -0.39 is 11.9 Å². The highest BCUT2D eigenvalue weighted by Gasteiger charge is 2.09. The topological polar surface area (TPSA) is 83.8 Å². The third-order valence-corrected chi connectivity index (χ3v) is 3.01. The van der Waals surface area contributed by atoms with Gasteiger partial charge in [-0.15, -0.1) is 0 Å². The number of aryl methyl sites for hydroxylation is 1. The third kappa shape index (κ3) is 3.06. The summed E-state index contributed by atoms with van der Waals surface area (Å²) in [5, 5.41) is 19.8. The lowest BCUT2D eigenvalue weighted by Crippen LogP contribution is -2.10. The van der Waals surface area contributed by atoms with Crippen LogP contribution in [-0.2, 0) is 9.59 Å². The van der Waals surface area contributed by atoms with Gasteiger partial charge in [-0.2, -0.15) is 0 Å². The van der Waals surface area contributed by atoms with Crippen molar-refractivity contribution in [3.05, 3.63) is 35.9 Å². The maximum Gasteiger partial charge on any atom is 0.311 e. The van der Waals surface area contributed by atoms with Crippen LogP contribution in [0.2, 0.25) is 0 Å². The minimum atomic E-state index is -1.04. The molecular formula is C15H14O5. The summed E-state index contributed by atoms with van der Waals surface area (Å²) in [4.78, 5) is 21.8. The number of esters is 1. The fourth-order valence-electron chi connectivity index (χ4n) is 1.91. The predicted octanol–water partition coefficient (Wildman–Crippen LogP) is 2.62. The standard InChI is InChI=1S/C15H14O5/c1-9-12-4-3-11(8-10(12)2-5-13(9)16)20-15(19)7-6-14(17)18/h2-5,8,16H,6-7H2,1H3,(H,17,18). The van der Waals surface area contributed by atoms with Crippen LogP contribution >= 0.6 is 0 Å². The normalized spacial score (nSPS) is 10.4. The zero-order valence-corrected chi connectivity index (χ0v) is 10.9. The molecular weight excluding hydrogens is 260 g/mol. The number of phenolic OH excluding ortho intramolecular Hbond substituents is 1. The molecule has 0 saturated heterocycles. The van der Waals surface area contributed by atoms with Crippen LogP contribution in [-0.4, -0.2) is 22.2 Å². The van der Waals surface area contributed by atoms with Gasteiger partial charge >= 0.3 is 11.9 Å². The van der Waals surface area contributed by atoms with Crippen molar-refractivity contribution < 1.29 is 24.5 Å². The number of carboxylic acids is 1. The smallest absolute Gasteiger partial charge is 0.311 e. The molecule has 0 saturated carbocycles. The maximum absolute atomic E-state index is 11.4. The van der Waals surface area contributed by atoms with E-state index in [1.807, 2.05) is 0 Å². The van der Waals surface area contributed by atoms with E-state index in [2.05, 4.69) is 0 Å². The van der Waals surface area contributed by atoms with Crippen molar-refractivity contribution in [2.75, 3.05) is 0 Å². The van der Waals surface area contributed by atoms with E-state index in [0.29, 0.717) is 5.75 Å².